The topological polar surface area (TPSA) is 80.5 Å². The van der Waals surface area contributed by atoms with Gasteiger partial charge < -0.3 is 10.7 Å². The fraction of sp³-hybridized carbons (Fsp3) is 0.300. The van der Waals surface area contributed by atoms with E-state index in [1.54, 1.807) is 12.4 Å². The van der Waals surface area contributed by atoms with Crippen molar-refractivity contribution in [3.05, 3.63) is 22.6 Å². The van der Waals surface area contributed by atoms with Crippen molar-refractivity contribution in [3.63, 3.8) is 0 Å². The maximum Gasteiger partial charge on any atom is 0.197 e. The molecule has 0 aliphatic heterocycles. The molecule has 16 heavy (non-hydrogen) atoms. The van der Waals surface area contributed by atoms with E-state index in [-0.39, 0.29) is 0 Å². The van der Waals surface area contributed by atoms with Gasteiger partial charge in [-0.2, -0.15) is 0 Å². The van der Waals surface area contributed by atoms with Crippen LogP contribution in [0.2, 0.25) is 0 Å². The summed E-state index contributed by atoms with van der Waals surface area (Å²) in [6, 6.07) is 0. The first-order valence-electron chi connectivity index (χ1n) is 5.04. The summed E-state index contributed by atoms with van der Waals surface area (Å²) in [5.41, 5.74) is 6.74. The van der Waals surface area contributed by atoms with Gasteiger partial charge in [-0.25, -0.2) is 15.0 Å². The van der Waals surface area contributed by atoms with Crippen LogP contribution in [0.3, 0.4) is 0 Å². The average Bonchev–Trinajstić information content (AvgIpc) is 2.78. The first-order valence-corrected chi connectivity index (χ1v) is 5.83. The maximum atomic E-state index is 5.82. The number of rotatable bonds is 3. The van der Waals surface area contributed by atoms with E-state index in [0.717, 1.165) is 23.0 Å². The molecule has 0 aromatic carbocycles. The van der Waals surface area contributed by atoms with E-state index in [0.29, 0.717) is 17.5 Å². The summed E-state index contributed by atoms with van der Waals surface area (Å²) in [7, 11) is 0. The lowest BCUT2D eigenvalue weighted by Crippen LogP contribution is -2.03. The van der Waals surface area contributed by atoms with Gasteiger partial charge in [0.1, 0.15) is 5.82 Å². The first kappa shape index (κ1) is 11.1. The molecule has 2 heterocycles. The molecule has 3 N–H and O–H groups in total. The van der Waals surface area contributed by atoms with Crippen LogP contribution in [0.1, 0.15) is 19.0 Å². The van der Waals surface area contributed by atoms with Crippen molar-refractivity contribution in [1.82, 2.24) is 19.9 Å². The number of halogens is 1. The minimum Gasteiger partial charge on any atom is -0.383 e. The van der Waals surface area contributed by atoms with Crippen LogP contribution in [0.15, 0.2) is 16.9 Å². The second-order valence-corrected chi connectivity index (χ2v) is 4.17. The zero-order valence-electron chi connectivity index (χ0n) is 8.87. The fourth-order valence-corrected chi connectivity index (χ4v) is 1.78. The number of imidazole rings is 1. The number of aromatic amines is 1. The second-order valence-electron chi connectivity index (χ2n) is 3.38. The lowest BCUT2D eigenvalue weighted by Gasteiger charge is -2.06. The molecule has 2 aromatic heterocycles. The van der Waals surface area contributed by atoms with Crippen LogP contribution < -0.4 is 5.73 Å². The lowest BCUT2D eigenvalue weighted by atomic mass is 10.2. The number of nitrogen functional groups attached to an aromatic ring is 1. The normalized spacial score (nSPS) is 10.6. The van der Waals surface area contributed by atoms with Gasteiger partial charge in [-0.3, -0.25) is 0 Å². The summed E-state index contributed by atoms with van der Waals surface area (Å²) in [4.78, 5) is 15.7. The molecule has 2 aromatic rings. The van der Waals surface area contributed by atoms with Gasteiger partial charge in [0.05, 0.1) is 10.2 Å². The van der Waals surface area contributed by atoms with Crippen molar-refractivity contribution in [1.29, 1.82) is 0 Å². The summed E-state index contributed by atoms with van der Waals surface area (Å²) in [6.45, 7) is 2.09. The zero-order chi connectivity index (χ0) is 11.5. The number of nitrogens with one attached hydrogen (secondary N) is 1. The highest BCUT2D eigenvalue weighted by atomic mass is 79.9. The summed E-state index contributed by atoms with van der Waals surface area (Å²) in [6.07, 6.45) is 5.26. The largest absolute Gasteiger partial charge is 0.383 e. The first-order chi connectivity index (χ1) is 7.72. The molecule has 5 nitrogen and oxygen atoms in total. The molecular formula is C10H12BrN5. The maximum absolute atomic E-state index is 5.82. The summed E-state index contributed by atoms with van der Waals surface area (Å²) < 4.78 is 0.782. The van der Waals surface area contributed by atoms with E-state index >= 15 is 0 Å². The minimum atomic E-state index is 0.449. The molecule has 0 aliphatic carbocycles. The average molecular weight is 282 g/mol. The highest BCUT2D eigenvalue weighted by molar-refractivity contribution is 9.10. The molecule has 0 saturated heterocycles. The fourth-order valence-electron chi connectivity index (χ4n) is 1.41. The van der Waals surface area contributed by atoms with Gasteiger partial charge in [0, 0.05) is 12.4 Å². The predicted molar refractivity (Wildman–Crippen MR) is 65.7 cm³/mol. The number of H-pyrrole nitrogens is 1. The van der Waals surface area contributed by atoms with Crippen LogP contribution in [0.4, 0.5) is 5.82 Å². The highest BCUT2D eigenvalue weighted by Crippen LogP contribution is 2.24. The van der Waals surface area contributed by atoms with E-state index < -0.39 is 0 Å². The third-order valence-electron chi connectivity index (χ3n) is 2.14. The van der Waals surface area contributed by atoms with E-state index in [1.165, 1.54) is 0 Å². The molecule has 0 saturated carbocycles. The smallest absolute Gasteiger partial charge is 0.197 e. The van der Waals surface area contributed by atoms with Crippen LogP contribution in [0.5, 0.6) is 0 Å². The van der Waals surface area contributed by atoms with E-state index in [1.807, 2.05) is 0 Å². The van der Waals surface area contributed by atoms with E-state index in [4.69, 9.17) is 5.73 Å². The Hall–Kier alpha value is -1.43. The Labute approximate surface area is 102 Å². The molecule has 0 atom stereocenters. The van der Waals surface area contributed by atoms with Gasteiger partial charge in [0.2, 0.25) is 0 Å². The monoisotopic (exact) mass is 281 g/mol. The van der Waals surface area contributed by atoms with Gasteiger partial charge in [-0.15, -0.1) is 0 Å². The highest BCUT2D eigenvalue weighted by Gasteiger charge is 2.11. The van der Waals surface area contributed by atoms with Crippen molar-refractivity contribution in [2.24, 2.45) is 0 Å². The van der Waals surface area contributed by atoms with Crippen LogP contribution in [0.25, 0.3) is 11.6 Å². The number of aromatic nitrogens is 4. The van der Waals surface area contributed by atoms with Crippen LogP contribution in [-0.4, -0.2) is 19.9 Å². The molecule has 0 radical (unpaired) electrons. The Morgan fingerprint density at radius 1 is 1.44 bits per heavy atom. The van der Waals surface area contributed by atoms with Gasteiger partial charge in [-0.1, -0.05) is 13.3 Å². The Morgan fingerprint density at radius 3 is 2.88 bits per heavy atom. The SMILES string of the molecule is CCCc1nc(-c2ncc[nH]2)nc(N)c1Br. The van der Waals surface area contributed by atoms with Gasteiger partial charge >= 0.3 is 0 Å². The molecule has 0 amide bonds. The summed E-state index contributed by atoms with van der Waals surface area (Å²) >= 11 is 3.40. The van der Waals surface area contributed by atoms with Gasteiger partial charge in [0.25, 0.3) is 0 Å². The lowest BCUT2D eigenvalue weighted by molar-refractivity contribution is 0.867. The Kier molecular flexibility index (Phi) is 3.19. The van der Waals surface area contributed by atoms with E-state index in [2.05, 4.69) is 42.8 Å². The zero-order valence-corrected chi connectivity index (χ0v) is 10.5. The van der Waals surface area contributed by atoms with Crippen molar-refractivity contribution < 1.29 is 0 Å². The Bertz CT molecular complexity index is 480. The molecule has 6 heteroatoms. The molecule has 84 valence electrons. The Morgan fingerprint density at radius 2 is 2.25 bits per heavy atom. The number of nitrogens with two attached hydrogens (primary N) is 1. The third kappa shape index (κ3) is 2.06. The standard InChI is InChI=1S/C10H12BrN5/c1-2-3-6-7(11)8(12)16-10(15-6)9-13-4-5-14-9/h4-5H,2-3H2,1H3,(H,13,14)(H2,12,15,16). The summed E-state index contributed by atoms with van der Waals surface area (Å²) in [5.74, 6) is 1.62. The molecular weight excluding hydrogens is 270 g/mol. The summed E-state index contributed by atoms with van der Waals surface area (Å²) in [5, 5.41) is 0. The number of hydrogen-bond donors (Lipinski definition) is 2. The van der Waals surface area contributed by atoms with Crippen molar-refractivity contribution in [2.75, 3.05) is 5.73 Å². The van der Waals surface area contributed by atoms with Crippen LogP contribution in [0, 0.1) is 0 Å². The van der Waals surface area contributed by atoms with Crippen molar-refractivity contribution in [3.8, 4) is 11.6 Å². The molecule has 0 fully saturated rings. The molecule has 0 aliphatic rings. The van der Waals surface area contributed by atoms with Crippen molar-refractivity contribution in [2.45, 2.75) is 19.8 Å². The molecule has 2 rings (SSSR count). The Balaban J connectivity index is 2.48. The predicted octanol–water partition coefficient (Wildman–Crippen LogP) is 2.16. The minimum absolute atomic E-state index is 0.449. The van der Waals surface area contributed by atoms with Crippen molar-refractivity contribution >= 4 is 21.7 Å². The van der Waals surface area contributed by atoms with Crippen LogP contribution >= 0.6 is 15.9 Å². The van der Waals surface area contributed by atoms with Gasteiger partial charge in [-0.05, 0) is 22.4 Å². The quantitative estimate of drug-likeness (QED) is 0.904. The number of aryl methyl sites for hydroxylation is 1. The molecule has 0 bridgehead atoms. The van der Waals surface area contributed by atoms with E-state index in [9.17, 15) is 0 Å². The number of anilines is 1. The molecule has 0 unspecified atom stereocenters. The second kappa shape index (κ2) is 4.61. The number of nitrogens with zero attached hydrogens (tertiary/aromatic N) is 3. The molecule has 0 spiro atoms. The van der Waals surface area contributed by atoms with Gasteiger partial charge in [0.15, 0.2) is 11.6 Å². The third-order valence-corrected chi connectivity index (χ3v) is 3.01. The van der Waals surface area contributed by atoms with Crippen LogP contribution in [-0.2, 0) is 6.42 Å². The number of hydrogen-bond acceptors (Lipinski definition) is 4.